The summed E-state index contributed by atoms with van der Waals surface area (Å²) in [6.07, 6.45) is 1.01. The van der Waals surface area contributed by atoms with E-state index in [2.05, 4.69) is 28.7 Å². The number of piperazine rings is 1. The van der Waals surface area contributed by atoms with Crippen molar-refractivity contribution in [1.82, 2.24) is 4.90 Å². The SMILES string of the molecule is Cc1ccccc1N1CCN(C(=O)CCc2ccc(OC(F)F)cc2)CC1. The summed E-state index contributed by atoms with van der Waals surface area (Å²) in [4.78, 5) is 16.7. The van der Waals surface area contributed by atoms with E-state index in [0.717, 1.165) is 18.7 Å². The van der Waals surface area contributed by atoms with Gasteiger partial charge in [0.15, 0.2) is 0 Å². The number of hydrogen-bond donors (Lipinski definition) is 0. The van der Waals surface area contributed by atoms with Crippen LogP contribution in [-0.2, 0) is 11.2 Å². The molecule has 1 aliphatic rings. The lowest BCUT2D eigenvalue weighted by Gasteiger charge is -2.37. The summed E-state index contributed by atoms with van der Waals surface area (Å²) in [7, 11) is 0. The molecule has 2 aromatic rings. The number of ether oxygens (including phenoxy) is 1. The highest BCUT2D eigenvalue weighted by atomic mass is 19.3. The Hall–Kier alpha value is -2.63. The van der Waals surface area contributed by atoms with Crippen LogP contribution in [0.4, 0.5) is 14.5 Å². The van der Waals surface area contributed by atoms with E-state index in [-0.39, 0.29) is 11.7 Å². The summed E-state index contributed by atoms with van der Waals surface area (Å²) >= 11 is 0. The Morgan fingerprint density at radius 2 is 1.70 bits per heavy atom. The first-order valence-electron chi connectivity index (χ1n) is 9.15. The first-order valence-corrected chi connectivity index (χ1v) is 9.15. The predicted octanol–water partition coefficient (Wildman–Crippen LogP) is 3.88. The van der Waals surface area contributed by atoms with Crippen molar-refractivity contribution in [1.29, 1.82) is 0 Å². The molecule has 4 nitrogen and oxygen atoms in total. The predicted molar refractivity (Wildman–Crippen MR) is 101 cm³/mol. The fraction of sp³-hybridized carbons (Fsp3) is 0.381. The van der Waals surface area contributed by atoms with Crippen molar-refractivity contribution in [3.63, 3.8) is 0 Å². The molecule has 0 bridgehead atoms. The summed E-state index contributed by atoms with van der Waals surface area (Å²) < 4.78 is 28.7. The maximum absolute atomic E-state index is 12.5. The maximum atomic E-state index is 12.5. The molecule has 2 aromatic carbocycles. The number of halogens is 2. The number of anilines is 1. The van der Waals surface area contributed by atoms with Crippen molar-refractivity contribution >= 4 is 11.6 Å². The van der Waals surface area contributed by atoms with E-state index in [1.807, 2.05) is 17.0 Å². The molecule has 27 heavy (non-hydrogen) atoms. The van der Waals surface area contributed by atoms with Crippen molar-refractivity contribution in [2.75, 3.05) is 31.1 Å². The zero-order chi connectivity index (χ0) is 19.2. The lowest BCUT2D eigenvalue weighted by Crippen LogP contribution is -2.49. The van der Waals surface area contributed by atoms with Crippen LogP contribution in [0.5, 0.6) is 5.75 Å². The van der Waals surface area contributed by atoms with Crippen LogP contribution in [0.15, 0.2) is 48.5 Å². The normalized spacial score (nSPS) is 14.5. The highest BCUT2D eigenvalue weighted by Crippen LogP contribution is 2.21. The summed E-state index contributed by atoms with van der Waals surface area (Å²) in [6.45, 7) is 2.37. The maximum Gasteiger partial charge on any atom is 0.387 e. The number of amides is 1. The quantitative estimate of drug-likeness (QED) is 0.769. The van der Waals surface area contributed by atoms with Crippen molar-refractivity contribution in [3.8, 4) is 5.75 Å². The molecule has 1 amide bonds. The number of para-hydroxylation sites is 1. The molecule has 0 spiro atoms. The van der Waals surface area contributed by atoms with Gasteiger partial charge in [0.25, 0.3) is 0 Å². The second kappa shape index (κ2) is 8.84. The summed E-state index contributed by atoms with van der Waals surface area (Å²) in [5.41, 5.74) is 3.41. The van der Waals surface area contributed by atoms with Gasteiger partial charge in [-0.3, -0.25) is 4.79 Å². The minimum absolute atomic E-state index is 0.132. The van der Waals surface area contributed by atoms with Crippen LogP contribution in [0.3, 0.4) is 0 Å². The Bertz CT molecular complexity index is 757. The van der Waals surface area contributed by atoms with Gasteiger partial charge in [0, 0.05) is 38.3 Å². The molecule has 1 fully saturated rings. The lowest BCUT2D eigenvalue weighted by molar-refractivity contribution is -0.131. The third kappa shape index (κ3) is 5.18. The standard InChI is InChI=1S/C21H24F2N2O2/c1-16-4-2-3-5-19(16)24-12-14-25(15-13-24)20(26)11-8-17-6-9-18(10-7-17)27-21(22)23/h2-7,9-10,21H,8,11-15H2,1H3. The van der Waals surface area contributed by atoms with Gasteiger partial charge in [-0.25, -0.2) is 0 Å². The van der Waals surface area contributed by atoms with Gasteiger partial charge in [-0.15, -0.1) is 0 Å². The first-order chi connectivity index (χ1) is 13.0. The first kappa shape index (κ1) is 19.1. The van der Waals surface area contributed by atoms with Gasteiger partial charge in [-0.05, 0) is 42.7 Å². The third-order valence-electron chi connectivity index (χ3n) is 4.86. The Labute approximate surface area is 158 Å². The number of alkyl halides is 2. The van der Waals surface area contributed by atoms with Gasteiger partial charge in [0.1, 0.15) is 5.75 Å². The highest BCUT2D eigenvalue weighted by molar-refractivity contribution is 5.77. The zero-order valence-corrected chi connectivity index (χ0v) is 15.4. The molecule has 0 radical (unpaired) electrons. The largest absolute Gasteiger partial charge is 0.435 e. The molecule has 1 saturated heterocycles. The second-order valence-electron chi connectivity index (χ2n) is 6.68. The van der Waals surface area contributed by atoms with Gasteiger partial charge in [0.2, 0.25) is 5.91 Å². The average Bonchev–Trinajstić information content (AvgIpc) is 2.67. The van der Waals surface area contributed by atoms with Crippen molar-refractivity contribution in [2.45, 2.75) is 26.4 Å². The van der Waals surface area contributed by atoms with E-state index < -0.39 is 6.61 Å². The topological polar surface area (TPSA) is 32.8 Å². The molecule has 1 heterocycles. The zero-order valence-electron chi connectivity index (χ0n) is 15.4. The van der Waals surface area contributed by atoms with Crippen LogP contribution in [-0.4, -0.2) is 43.6 Å². The van der Waals surface area contributed by atoms with Crippen LogP contribution < -0.4 is 9.64 Å². The minimum atomic E-state index is -2.82. The fourth-order valence-electron chi connectivity index (χ4n) is 3.36. The number of carbonyl (C=O) groups is 1. The van der Waals surface area contributed by atoms with Crippen molar-refractivity contribution in [2.24, 2.45) is 0 Å². The number of carbonyl (C=O) groups excluding carboxylic acids is 1. The minimum Gasteiger partial charge on any atom is -0.435 e. The molecular weight excluding hydrogens is 350 g/mol. The van der Waals surface area contributed by atoms with Gasteiger partial charge in [-0.1, -0.05) is 30.3 Å². The molecule has 6 heteroatoms. The van der Waals surface area contributed by atoms with Crippen LogP contribution in [0, 0.1) is 6.92 Å². The van der Waals surface area contributed by atoms with E-state index in [4.69, 9.17) is 0 Å². The summed E-state index contributed by atoms with van der Waals surface area (Å²) in [6, 6.07) is 14.8. The van der Waals surface area contributed by atoms with Gasteiger partial charge in [-0.2, -0.15) is 8.78 Å². The Balaban J connectivity index is 1.46. The molecule has 0 aliphatic carbocycles. The van der Waals surface area contributed by atoms with E-state index in [0.29, 0.717) is 25.9 Å². The Morgan fingerprint density at radius 3 is 2.33 bits per heavy atom. The molecule has 0 aromatic heterocycles. The second-order valence-corrected chi connectivity index (χ2v) is 6.68. The number of aryl methyl sites for hydroxylation is 2. The van der Waals surface area contributed by atoms with Gasteiger partial charge < -0.3 is 14.5 Å². The average molecular weight is 374 g/mol. The van der Waals surface area contributed by atoms with Gasteiger partial charge in [0.05, 0.1) is 0 Å². The van der Waals surface area contributed by atoms with E-state index >= 15 is 0 Å². The molecule has 0 atom stereocenters. The highest BCUT2D eigenvalue weighted by Gasteiger charge is 2.21. The molecule has 0 N–H and O–H groups in total. The van der Waals surface area contributed by atoms with Crippen LogP contribution in [0.1, 0.15) is 17.5 Å². The number of rotatable bonds is 6. The number of nitrogens with zero attached hydrogens (tertiary/aromatic N) is 2. The smallest absolute Gasteiger partial charge is 0.387 e. The van der Waals surface area contributed by atoms with Crippen LogP contribution in [0.25, 0.3) is 0 Å². The molecule has 3 rings (SSSR count). The molecular formula is C21H24F2N2O2. The molecule has 144 valence electrons. The van der Waals surface area contributed by atoms with Gasteiger partial charge >= 0.3 is 6.61 Å². The molecule has 0 unspecified atom stereocenters. The lowest BCUT2D eigenvalue weighted by atomic mass is 10.1. The fourth-order valence-corrected chi connectivity index (χ4v) is 3.36. The number of hydrogen-bond acceptors (Lipinski definition) is 3. The molecule has 1 aliphatic heterocycles. The molecule has 0 saturated carbocycles. The van der Waals surface area contributed by atoms with E-state index in [1.165, 1.54) is 23.4 Å². The summed E-state index contributed by atoms with van der Waals surface area (Å²) in [5, 5.41) is 0. The number of benzene rings is 2. The van der Waals surface area contributed by atoms with Crippen LogP contribution in [0.2, 0.25) is 0 Å². The monoisotopic (exact) mass is 374 g/mol. The van der Waals surface area contributed by atoms with E-state index in [9.17, 15) is 13.6 Å². The van der Waals surface area contributed by atoms with Crippen molar-refractivity contribution in [3.05, 3.63) is 59.7 Å². The Kier molecular flexibility index (Phi) is 6.27. The van der Waals surface area contributed by atoms with Crippen LogP contribution >= 0.6 is 0 Å². The van der Waals surface area contributed by atoms with E-state index in [1.54, 1.807) is 12.1 Å². The Morgan fingerprint density at radius 1 is 1.04 bits per heavy atom. The third-order valence-corrected chi connectivity index (χ3v) is 4.86. The summed E-state index contributed by atoms with van der Waals surface area (Å²) in [5.74, 6) is 0.264. The van der Waals surface area contributed by atoms with Crippen molar-refractivity contribution < 1.29 is 18.3 Å².